The maximum absolute atomic E-state index is 13.3. The van der Waals surface area contributed by atoms with E-state index < -0.39 is 0 Å². The van der Waals surface area contributed by atoms with E-state index in [1.54, 1.807) is 7.11 Å². The molecule has 0 aromatic heterocycles. The highest BCUT2D eigenvalue weighted by Gasteiger charge is 2.39. The van der Waals surface area contributed by atoms with Crippen LogP contribution in [0.4, 0.5) is 0 Å². The zero-order valence-corrected chi connectivity index (χ0v) is 18.9. The average Bonchev–Trinajstić information content (AvgIpc) is 3.18. The van der Waals surface area contributed by atoms with Crippen molar-refractivity contribution < 1.29 is 9.53 Å². The second-order valence-corrected chi connectivity index (χ2v) is 10.0. The summed E-state index contributed by atoms with van der Waals surface area (Å²) in [6, 6.07) is 1.45. The monoisotopic (exact) mass is 393 g/mol. The molecule has 162 valence electrons. The maximum atomic E-state index is 13.3. The SMILES string of the molecule is COC[C@H]1CN(C2CCC(C(C)C)CC2)CCN1C(=O)[C@@H]1CCN(C(C)C)C1. The Morgan fingerprint density at radius 1 is 0.964 bits per heavy atom. The minimum atomic E-state index is 0.176. The summed E-state index contributed by atoms with van der Waals surface area (Å²) in [6.07, 6.45) is 6.38. The Kier molecular flexibility index (Phi) is 7.80. The number of carbonyl (C=O) groups excluding carboxylic acids is 1. The van der Waals surface area contributed by atoms with Crippen LogP contribution in [0.3, 0.4) is 0 Å². The predicted octanol–water partition coefficient (Wildman–Crippen LogP) is 3.09. The molecule has 0 radical (unpaired) electrons. The molecule has 2 heterocycles. The first-order chi connectivity index (χ1) is 13.4. The van der Waals surface area contributed by atoms with Crippen LogP contribution in [0, 0.1) is 17.8 Å². The summed E-state index contributed by atoms with van der Waals surface area (Å²) in [7, 11) is 1.77. The molecule has 5 nitrogen and oxygen atoms in total. The van der Waals surface area contributed by atoms with Gasteiger partial charge in [-0.3, -0.25) is 9.69 Å². The first kappa shape index (κ1) is 22.0. The lowest BCUT2D eigenvalue weighted by Gasteiger charge is -2.46. The molecule has 5 heteroatoms. The third-order valence-electron chi connectivity index (χ3n) is 7.66. The fourth-order valence-electron chi connectivity index (χ4n) is 5.66. The third-order valence-corrected chi connectivity index (χ3v) is 7.66. The van der Waals surface area contributed by atoms with Gasteiger partial charge in [0.05, 0.1) is 18.6 Å². The minimum Gasteiger partial charge on any atom is -0.382 e. The van der Waals surface area contributed by atoms with Crippen LogP contribution >= 0.6 is 0 Å². The van der Waals surface area contributed by atoms with Gasteiger partial charge >= 0.3 is 0 Å². The second-order valence-electron chi connectivity index (χ2n) is 10.0. The van der Waals surface area contributed by atoms with Crippen LogP contribution in [0.15, 0.2) is 0 Å². The van der Waals surface area contributed by atoms with E-state index >= 15 is 0 Å². The first-order valence-corrected chi connectivity index (χ1v) is 11.7. The van der Waals surface area contributed by atoms with Gasteiger partial charge in [0.25, 0.3) is 0 Å². The van der Waals surface area contributed by atoms with Crippen molar-refractivity contribution in [1.29, 1.82) is 0 Å². The molecule has 1 saturated carbocycles. The minimum absolute atomic E-state index is 0.176. The Morgan fingerprint density at radius 2 is 1.68 bits per heavy atom. The summed E-state index contributed by atoms with van der Waals surface area (Å²) in [6.45, 7) is 14.7. The van der Waals surface area contributed by atoms with Gasteiger partial charge in [0.2, 0.25) is 5.91 Å². The number of hydrogen-bond acceptors (Lipinski definition) is 4. The lowest BCUT2D eigenvalue weighted by atomic mass is 9.79. The summed E-state index contributed by atoms with van der Waals surface area (Å²) in [5.74, 6) is 2.26. The van der Waals surface area contributed by atoms with Gasteiger partial charge in [-0.15, -0.1) is 0 Å². The van der Waals surface area contributed by atoms with Crippen molar-refractivity contribution in [3.05, 3.63) is 0 Å². The Morgan fingerprint density at radius 3 is 2.25 bits per heavy atom. The molecule has 2 atom stereocenters. The molecule has 0 unspecified atom stereocenters. The number of piperazine rings is 1. The summed E-state index contributed by atoms with van der Waals surface area (Å²) < 4.78 is 5.54. The molecule has 2 saturated heterocycles. The number of hydrogen-bond donors (Lipinski definition) is 0. The molecule has 0 N–H and O–H groups in total. The Hall–Kier alpha value is -0.650. The molecule has 2 aliphatic heterocycles. The number of nitrogens with zero attached hydrogens (tertiary/aromatic N) is 3. The quantitative estimate of drug-likeness (QED) is 0.695. The zero-order chi connectivity index (χ0) is 20.3. The molecule has 0 spiro atoms. The van der Waals surface area contributed by atoms with E-state index in [-0.39, 0.29) is 12.0 Å². The molecule has 1 amide bonds. The number of rotatable bonds is 6. The van der Waals surface area contributed by atoms with Crippen molar-refractivity contribution in [1.82, 2.24) is 14.7 Å². The van der Waals surface area contributed by atoms with Crippen molar-refractivity contribution in [3.8, 4) is 0 Å². The highest BCUT2D eigenvalue weighted by Crippen LogP contribution is 2.33. The highest BCUT2D eigenvalue weighted by atomic mass is 16.5. The van der Waals surface area contributed by atoms with Crippen molar-refractivity contribution in [2.45, 2.75) is 77.9 Å². The Labute approximate surface area is 172 Å². The van der Waals surface area contributed by atoms with Crippen LogP contribution in [-0.4, -0.2) is 85.2 Å². The third kappa shape index (κ3) is 5.09. The molecule has 0 bridgehead atoms. The molecular weight excluding hydrogens is 350 g/mol. The predicted molar refractivity (Wildman–Crippen MR) is 114 cm³/mol. The van der Waals surface area contributed by atoms with E-state index in [4.69, 9.17) is 4.74 Å². The zero-order valence-electron chi connectivity index (χ0n) is 18.9. The number of methoxy groups -OCH3 is 1. The van der Waals surface area contributed by atoms with E-state index in [1.807, 2.05) is 0 Å². The maximum Gasteiger partial charge on any atom is 0.227 e. The number of carbonyl (C=O) groups is 1. The van der Waals surface area contributed by atoms with Crippen LogP contribution in [-0.2, 0) is 9.53 Å². The molecule has 3 aliphatic rings. The van der Waals surface area contributed by atoms with Crippen LogP contribution in [0.2, 0.25) is 0 Å². The standard InChI is InChI=1S/C23H43N3O2/c1-17(2)19-6-8-21(9-7-19)25-12-13-26(22(15-25)16-28-5)23(27)20-10-11-24(14-20)18(3)4/h17-22H,6-16H2,1-5H3/t19?,20-,21?,22-/m1/s1. The van der Waals surface area contributed by atoms with Gasteiger partial charge in [-0.05, 0) is 64.3 Å². The fourth-order valence-corrected chi connectivity index (χ4v) is 5.66. The van der Waals surface area contributed by atoms with E-state index in [1.165, 1.54) is 25.7 Å². The fraction of sp³-hybridized carbons (Fsp3) is 0.957. The Bertz CT molecular complexity index is 502. The van der Waals surface area contributed by atoms with E-state index in [9.17, 15) is 4.79 Å². The van der Waals surface area contributed by atoms with Crippen molar-refractivity contribution in [2.75, 3.05) is 46.4 Å². The van der Waals surface area contributed by atoms with Gasteiger partial charge < -0.3 is 14.5 Å². The van der Waals surface area contributed by atoms with E-state index in [0.717, 1.165) is 51.0 Å². The first-order valence-electron chi connectivity index (χ1n) is 11.7. The second kappa shape index (κ2) is 9.90. The van der Waals surface area contributed by atoms with Gasteiger partial charge in [-0.2, -0.15) is 0 Å². The summed E-state index contributed by atoms with van der Waals surface area (Å²) in [4.78, 5) is 20.5. The molecule has 1 aliphatic carbocycles. The number of ether oxygens (including phenoxy) is 1. The van der Waals surface area contributed by atoms with Gasteiger partial charge in [0, 0.05) is 45.4 Å². The molecule has 3 rings (SSSR count). The Balaban J connectivity index is 1.56. The van der Waals surface area contributed by atoms with Crippen LogP contribution in [0.1, 0.15) is 59.8 Å². The topological polar surface area (TPSA) is 36.0 Å². The molecular formula is C23H43N3O2. The van der Waals surface area contributed by atoms with Crippen LogP contribution < -0.4 is 0 Å². The highest BCUT2D eigenvalue weighted by molar-refractivity contribution is 5.80. The van der Waals surface area contributed by atoms with Crippen molar-refractivity contribution in [2.24, 2.45) is 17.8 Å². The number of likely N-dealkylation sites (tertiary alicyclic amines) is 1. The lowest BCUT2D eigenvalue weighted by Crippen LogP contribution is -2.60. The van der Waals surface area contributed by atoms with Gasteiger partial charge in [0.15, 0.2) is 0 Å². The largest absolute Gasteiger partial charge is 0.382 e. The smallest absolute Gasteiger partial charge is 0.227 e. The molecule has 0 aromatic carbocycles. The van der Waals surface area contributed by atoms with Gasteiger partial charge in [-0.25, -0.2) is 0 Å². The summed E-state index contributed by atoms with van der Waals surface area (Å²) >= 11 is 0. The van der Waals surface area contributed by atoms with Crippen molar-refractivity contribution >= 4 is 5.91 Å². The van der Waals surface area contributed by atoms with Crippen LogP contribution in [0.5, 0.6) is 0 Å². The number of amides is 1. The van der Waals surface area contributed by atoms with Crippen molar-refractivity contribution in [3.63, 3.8) is 0 Å². The van der Waals surface area contributed by atoms with E-state index in [2.05, 4.69) is 42.4 Å². The van der Waals surface area contributed by atoms with Gasteiger partial charge in [0.1, 0.15) is 0 Å². The van der Waals surface area contributed by atoms with E-state index in [0.29, 0.717) is 24.6 Å². The lowest BCUT2D eigenvalue weighted by molar-refractivity contribution is -0.142. The normalized spacial score (nSPS) is 33.2. The average molecular weight is 394 g/mol. The van der Waals surface area contributed by atoms with Gasteiger partial charge in [-0.1, -0.05) is 13.8 Å². The summed E-state index contributed by atoms with van der Waals surface area (Å²) in [5, 5.41) is 0. The van der Waals surface area contributed by atoms with Crippen LogP contribution in [0.25, 0.3) is 0 Å². The molecule has 28 heavy (non-hydrogen) atoms. The molecule has 0 aromatic rings. The summed E-state index contributed by atoms with van der Waals surface area (Å²) in [5.41, 5.74) is 0. The molecule has 3 fully saturated rings.